The van der Waals surface area contributed by atoms with Crippen LogP contribution in [0.1, 0.15) is 24.1 Å². The highest BCUT2D eigenvalue weighted by Gasteiger charge is 2.48. The molecule has 0 saturated heterocycles. The van der Waals surface area contributed by atoms with Gasteiger partial charge in [0.2, 0.25) is 5.91 Å². The highest BCUT2D eigenvalue weighted by Crippen LogP contribution is 2.41. The molecule has 6 nitrogen and oxygen atoms in total. The van der Waals surface area contributed by atoms with Gasteiger partial charge in [-0.25, -0.2) is 0 Å². The fourth-order valence-electron chi connectivity index (χ4n) is 1.89. The number of thiazole rings is 1. The van der Waals surface area contributed by atoms with Crippen LogP contribution in [0.5, 0.6) is 0 Å². The quantitative estimate of drug-likeness (QED) is 0.318. The molecule has 1 aromatic heterocycles. The van der Waals surface area contributed by atoms with Gasteiger partial charge in [-0.05, 0) is 12.8 Å². The van der Waals surface area contributed by atoms with Gasteiger partial charge in [-0.15, -0.1) is 11.3 Å². The van der Waals surface area contributed by atoms with Crippen LogP contribution in [-0.2, 0) is 11.3 Å². The maximum Gasteiger partial charge on any atom is 0.234 e. The molecule has 1 aromatic rings. The Morgan fingerprint density at radius 2 is 2.47 bits per heavy atom. The van der Waals surface area contributed by atoms with E-state index in [9.17, 15) is 4.79 Å². The molecule has 92 valence electrons. The highest BCUT2D eigenvalue weighted by atomic mass is 32.1. The first kappa shape index (κ1) is 11.8. The van der Waals surface area contributed by atoms with Gasteiger partial charge in [0.1, 0.15) is 5.41 Å². The molecule has 0 aliphatic heterocycles. The predicted octanol–water partition coefficient (Wildman–Crippen LogP) is 0.676. The highest BCUT2D eigenvalue weighted by molar-refractivity contribution is 7.09. The Balaban J connectivity index is 1.99. The summed E-state index contributed by atoms with van der Waals surface area (Å²) in [6.45, 7) is 0.434. The Morgan fingerprint density at radius 3 is 2.94 bits per heavy atom. The summed E-state index contributed by atoms with van der Waals surface area (Å²) >= 11 is 1.48. The van der Waals surface area contributed by atoms with E-state index in [0.717, 1.165) is 11.3 Å². The van der Waals surface area contributed by atoms with E-state index in [-0.39, 0.29) is 11.7 Å². The minimum atomic E-state index is -0.806. The number of carbonyl (C=O) groups is 1. The molecule has 0 atom stereocenters. The Bertz CT molecular complexity index is 426. The fourth-order valence-corrected chi connectivity index (χ4v) is 2.43. The molecular formula is C10H14N4O2S. The standard InChI is InChI=1S/C10H14N4O2S/c11-8(14-16)10(2-1-3-10)9(15)13-5-7-4-12-6-17-7/h4,6,16H,1-3,5H2,(H2,11,14)(H,13,15). The van der Waals surface area contributed by atoms with Gasteiger partial charge >= 0.3 is 0 Å². The van der Waals surface area contributed by atoms with Gasteiger partial charge in [0.25, 0.3) is 0 Å². The Kier molecular flexibility index (Phi) is 3.28. The molecule has 1 fully saturated rings. The van der Waals surface area contributed by atoms with Crippen molar-refractivity contribution < 1.29 is 10.0 Å². The topological polar surface area (TPSA) is 101 Å². The van der Waals surface area contributed by atoms with Crippen molar-refractivity contribution in [3.8, 4) is 0 Å². The molecule has 0 radical (unpaired) electrons. The van der Waals surface area contributed by atoms with E-state index in [0.29, 0.717) is 19.4 Å². The molecule has 4 N–H and O–H groups in total. The number of amides is 1. The van der Waals surface area contributed by atoms with Crippen molar-refractivity contribution >= 4 is 23.1 Å². The van der Waals surface area contributed by atoms with E-state index < -0.39 is 5.41 Å². The molecule has 0 spiro atoms. The summed E-state index contributed by atoms with van der Waals surface area (Å²) in [6, 6.07) is 0. The molecule has 7 heteroatoms. The van der Waals surface area contributed by atoms with E-state index in [1.807, 2.05) is 0 Å². The molecule has 0 unspecified atom stereocenters. The van der Waals surface area contributed by atoms with Gasteiger partial charge in [-0.1, -0.05) is 11.6 Å². The molecule has 1 heterocycles. The third kappa shape index (κ3) is 2.10. The summed E-state index contributed by atoms with van der Waals surface area (Å²) in [6.07, 6.45) is 3.90. The third-order valence-electron chi connectivity index (χ3n) is 3.15. The first-order valence-corrected chi connectivity index (χ1v) is 6.21. The summed E-state index contributed by atoms with van der Waals surface area (Å²) in [5.41, 5.74) is 6.50. The lowest BCUT2D eigenvalue weighted by Crippen LogP contribution is -2.53. The number of hydrogen-bond acceptors (Lipinski definition) is 5. The van der Waals surface area contributed by atoms with Crippen molar-refractivity contribution in [1.29, 1.82) is 0 Å². The fraction of sp³-hybridized carbons (Fsp3) is 0.500. The lowest BCUT2D eigenvalue weighted by Gasteiger charge is -2.38. The average molecular weight is 254 g/mol. The maximum absolute atomic E-state index is 12.0. The monoisotopic (exact) mass is 254 g/mol. The van der Waals surface area contributed by atoms with Crippen LogP contribution in [0.2, 0.25) is 0 Å². The van der Waals surface area contributed by atoms with Gasteiger partial charge in [-0.2, -0.15) is 0 Å². The Hall–Kier alpha value is -1.63. The maximum atomic E-state index is 12.0. The summed E-state index contributed by atoms with van der Waals surface area (Å²) in [5, 5.41) is 14.5. The second kappa shape index (κ2) is 4.70. The minimum absolute atomic E-state index is 0.00514. The zero-order valence-electron chi connectivity index (χ0n) is 9.22. The summed E-state index contributed by atoms with van der Waals surface area (Å²) in [5.74, 6) is -0.169. The molecule has 0 bridgehead atoms. The molecule has 1 aliphatic rings. The summed E-state index contributed by atoms with van der Waals surface area (Å²) < 4.78 is 0. The number of nitrogens with one attached hydrogen (secondary N) is 1. The van der Waals surface area contributed by atoms with Crippen LogP contribution < -0.4 is 11.1 Å². The lowest BCUT2D eigenvalue weighted by molar-refractivity contribution is -0.131. The second-order valence-electron chi connectivity index (χ2n) is 4.07. The zero-order chi connectivity index (χ0) is 12.3. The number of nitrogens with zero attached hydrogens (tertiary/aromatic N) is 2. The molecule has 1 amide bonds. The average Bonchev–Trinajstić information content (AvgIpc) is 2.77. The molecular weight excluding hydrogens is 240 g/mol. The van der Waals surface area contributed by atoms with Crippen LogP contribution in [0.25, 0.3) is 0 Å². The Morgan fingerprint density at radius 1 is 1.71 bits per heavy atom. The van der Waals surface area contributed by atoms with E-state index in [1.54, 1.807) is 11.7 Å². The van der Waals surface area contributed by atoms with Crippen molar-refractivity contribution in [3.05, 3.63) is 16.6 Å². The van der Waals surface area contributed by atoms with Crippen molar-refractivity contribution in [2.24, 2.45) is 16.3 Å². The Labute approximate surface area is 103 Å². The summed E-state index contributed by atoms with van der Waals surface area (Å²) in [7, 11) is 0. The van der Waals surface area contributed by atoms with E-state index in [4.69, 9.17) is 10.9 Å². The van der Waals surface area contributed by atoms with Gasteiger partial charge < -0.3 is 16.3 Å². The summed E-state index contributed by atoms with van der Waals surface area (Å²) in [4.78, 5) is 16.9. The number of amidine groups is 1. The van der Waals surface area contributed by atoms with Gasteiger partial charge in [0.15, 0.2) is 5.84 Å². The number of rotatable bonds is 4. The number of carbonyl (C=O) groups excluding carboxylic acids is 1. The third-order valence-corrected chi connectivity index (χ3v) is 3.93. The van der Waals surface area contributed by atoms with Crippen molar-refractivity contribution in [2.75, 3.05) is 0 Å². The smallest absolute Gasteiger partial charge is 0.234 e. The molecule has 0 aromatic carbocycles. The van der Waals surface area contributed by atoms with E-state index >= 15 is 0 Å². The van der Waals surface area contributed by atoms with Gasteiger partial charge in [0.05, 0.1) is 12.1 Å². The van der Waals surface area contributed by atoms with Crippen LogP contribution in [0, 0.1) is 5.41 Å². The van der Waals surface area contributed by atoms with Crippen LogP contribution in [-0.4, -0.2) is 21.9 Å². The van der Waals surface area contributed by atoms with Crippen LogP contribution in [0.4, 0.5) is 0 Å². The van der Waals surface area contributed by atoms with Crippen molar-refractivity contribution in [1.82, 2.24) is 10.3 Å². The normalized spacial score (nSPS) is 18.5. The van der Waals surface area contributed by atoms with Crippen LogP contribution >= 0.6 is 11.3 Å². The zero-order valence-corrected chi connectivity index (χ0v) is 10.0. The first-order chi connectivity index (χ1) is 8.19. The first-order valence-electron chi connectivity index (χ1n) is 5.33. The molecule has 2 rings (SSSR count). The van der Waals surface area contributed by atoms with Gasteiger partial charge in [-0.3, -0.25) is 9.78 Å². The molecule has 1 aliphatic carbocycles. The number of nitrogens with two attached hydrogens (primary N) is 1. The molecule has 1 saturated carbocycles. The van der Waals surface area contributed by atoms with E-state index in [2.05, 4.69) is 15.5 Å². The van der Waals surface area contributed by atoms with Crippen molar-refractivity contribution in [3.63, 3.8) is 0 Å². The number of hydrogen-bond donors (Lipinski definition) is 3. The van der Waals surface area contributed by atoms with Crippen molar-refractivity contribution in [2.45, 2.75) is 25.8 Å². The minimum Gasteiger partial charge on any atom is -0.409 e. The largest absolute Gasteiger partial charge is 0.409 e. The predicted molar refractivity (Wildman–Crippen MR) is 63.7 cm³/mol. The van der Waals surface area contributed by atoms with Crippen LogP contribution in [0.15, 0.2) is 16.9 Å². The number of oxime groups is 1. The van der Waals surface area contributed by atoms with E-state index in [1.165, 1.54) is 11.3 Å². The SMILES string of the molecule is NC(=NO)C1(C(=O)NCc2cncs2)CCC1. The number of aromatic nitrogens is 1. The van der Waals surface area contributed by atoms with Crippen LogP contribution in [0.3, 0.4) is 0 Å². The molecule has 17 heavy (non-hydrogen) atoms. The lowest BCUT2D eigenvalue weighted by atomic mass is 9.67. The van der Waals surface area contributed by atoms with Gasteiger partial charge in [0, 0.05) is 11.1 Å². The second-order valence-corrected chi connectivity index (χ2v) is 5.04.